The molecule has 0 spiro atoms. The van der Waals surface area contributed by atoms with Crippen LogP contribution in [0, 0.1) is 23.0 Å². The molecule has 0 N–H and O–H groups in total. The van der Waals surface area contributed by atoms with Crippen molar-refractivity contribution in [3.05, 3.63) is 92.5 Å². The highest BCUT2D eigenvalue weighted by Gasteiger charge is 2.42. The number of ether oxygens (including phenoxy) is 1. The van der Waals surface area contributed by atoms with Gasteiger partial charge in [-0.3, -0.25) is 29.3 Å². The number of nitro benzene ring substituents is 1. The second kappa shape index (κ2) is 9.14. The topological polar surface area (TPSA) is 127 Å². The molecular weight excluding hydrogens is 502 g/mol. The number of halogens is 1. The zero-order chi connectivity index (χ0) is 26.4. The van der Waals surface area contributed by atoms with Gasteiger partial charge in [-0.15, -0.1) is 0 Å². The summed E-state index contributed by atoms with van der Waals surface area (Å²) in [6, 6.07) is 14.8. The van der Waals surface area contributed by atoms with E-state index in [-0.39, 0.29) is 41.4 Å². The van der Waals surface area contributed by atoms with Gasteiger partial charge in [0.05, 0.1) is 22.1 Å². The Labute approximate surface area is 215 Å². The van der Waals surface area contributed by atoms with E-state index in [0.717, 1.165) is 16.5 Å². The highest BCUT2D eigenvalue weighted by molar-refractivity contribution is 6.35. The van der Waals surface area contributed by atoms with Crippen LogP contribution in [0.15, 0.2) is 60.7 Å². The highest BCUT2D eigenvalue weighted by Crippen LogP contribution is 2.36. The monoisotopic (exact) mass is 519 g/mol. The van der Waals surface area contributed by atoms with Crippen LogP contribution in [0.25, 0.3) is 0 Å². The Hall–Kier alpha value is -4.57. The van der Waals surface area contributed by atoms with Gasteiger partial charge < -0.3 is 9.64 Å². The number of carbonyl (C=O) groups excluding carboxylic acids is 4. The van der Waals surface area contributed by atoms with Gasteiger partial charge in [-0.25, -0.2) is 4.90 Å². The van der Waals surface area contributed by atoms with E-state index < -0.39 is 34.3 Å². The van der Waals surface area contributed by atoms with Crippen molar-refractivity contribution in [2.75, 3.05) is 16.3 Å². The van der Waals surface area contributed by atoms with Gasteiger partial charge in [0.2, 0.25) is 5.91 Å². The van der Waals surface area contributed by atoms with Crippen molar-refractivity contribution in [1.29, 1.82) is 0 Å². The summed E-state index contributed by atoms with van der Waals surface area (Å²) in [4.78, 5) is 64.4. The second-order valence-electron chi connectivity index (χ2n) is 8.61. The summed E-state index contributed by atoms with van der Waals surface area (Å²) in [7, 11) is 0. The largest absolute Gasteiger partial charge is 0.426 e. The first-order valence-corrected chi connectivity index (χ1v) is 11.6. The summed E-state index contributed by atoms with van der Waals surface area (Å²) in [6.45, 7) is 1.90. The summed E-state index contributed by atoms with van der Waals surface area (Å²) < 4.78 is 5.49. The van der Waals surface area contributed by atoms with Crippen LogP contribution in [0.5, 0.6) is 5.75 Å². The molecule has 10 nitrogen and oxygen atoms in total. The first kappa shape index (κ1) is 24.1. The number of benzene rings is 3. The molecule has 1 saturated heterocycles. The van der Waals surface area contributed by atoms with Crippen molar-refractivity contribution in [3.63, 3.8) is 0 Å². The van der Waals surface area contributed by atoms with Crippen LogP contribution >= 0.6 is 11.6 Å². The molecular formula is C26H18ClN3O7. The van der Waals surface area contributed by atoms with Crippen molar-refractivity contribution in [2.24, 2.45) is 5.92 Å². The van der Waals surface area contributed by atoms with E-state index in [1.54, 1.807) is 25.1 Å². The summed E-state index contributed by atoms with van der Waals surface area (Å²) in [6.07, 6.45) is -0.0491. The molecule has 0 radical (unpaired) electrons. The molecule has 0 aliphatic carbocycles. The van der Waals surface area contributed by atoms with Gasteiger partial charge in [-0.05, 0) is 42.8 Å². The van der Waals surface area contributed by atoms with E-state index in [1.807, 2.05) is 0 Å². The zero-order valence-corrected chi connectivity index (χ0v) is 20.1. The number of hydrogen-bond acceptors (Lipinski definition) is 7. The quantitative estimate of drug-likeness (QED) is 0.161. The van der Waals surface area contributed by atoms with Gasteiger partial charge in [0.15, 0.2) is 0 Å². The predicted octanol–water partition coefficient (Wildman–Crippen LogP) is 4.32. The van der Waals surface area contributed by atoms with Crippen LogP contribution in [0.4, 0.5) is 17.1 Å². The molecule has 0 unspecified atom stereocenters. The number of anilines is 2. The smallest absolute Gasteiger partial charge is 0.316 e. The summed E-state index contributed by atoms with van der Waals surface area (Å²) in [5.74, 6) is -3.14. The van der Waals surface area contributed by atoms with E-state index in [0.29, 0.717) is 10.7 Å². The van der Waals surface area contributed by atoms with Gasteiger partial charge in [-0.2, -0.15) is 0 Å². The van der Waals surface area contributed by atoms with E-state index in [1.165, 1.54) is 41.3 Å². The molecule has 0 saturated carbocycles. The standard InChI is InChI=1S/C26H18ClN3O7/c1-14-19(27)8-4-9-20(14)28-13-15(11-22(28)31)26(34)37-17-6-2-5-16(12-17)29-24(32)18-7-3-10-21(30(35)36)23(18)25(29)33/h2-10,12,15H,11,13H2,1H3/t15-/m0/s1. The maximum absolute atomic E-state index is 13.0. The van der Waals surface area contributed by atoms with E-state index in [9.17, 15) is 29.3 Å². The lowest BCUT2D eigenvalue weighted by atomic mass is 10.1. The molecule has 2 aliphatic heterocycles. The molecule has 3 aromatic rings. The van der Waals surface area contributed by atoms with Crippen molar-refractivity contribution in [3.8, 4) is 5.75 Å². The lowest BCUT2D eigenvalue weighted by Crippen LogP contribution is -2.29. The van der Waals surface area contributed by atoms with Crippen molar-refractivity contribution in [1.82, 2.24) is 0 Å². The molecule has 2 heterocycles. The van der Waals surface area contributed by atoms with Crippen LogP contribution in [0.2, 0.25) is 5.02 Å². The fourth-order valence-corrected chi connectivity index (χ4v) is 4.70. The fraction of sp³-hybridized carbons (Fsp3) is 0.154. The minimum absolute atomic E-state index is 0.0491. The summed E-state index contributed by atoms with van der Waals surface area (Å²) in [5.41, 5.74) is 0.592. The average Bonchev–Trinajstić information content (AvgIpc) is 3.38. The second-order valence-corrected chi connectivity index (χ2v) is 9.02. The first-order chi connectivity index (χ1) is 17.7. The van der Waals surface area contributed by atoms with Gasteiger partial charge >= 0.3 is 5.97 Å². The molecule has 5 rings (SSSR count). The molecule has 1 fully saturated rings. The lowest BCUT2D eigenvalue weighted by Gasteiger charge is -2.19. The molecule has 11 heteroatoms. The number of hydrogen-bond donors (Lipinski definition) is 0. The van der Waals surface area contributed by atoms with E-state index in [4.69, 9.17) is 16.3 Å². The van der Waals surface area contributed by atoms with Crippen LogP contribution in [-0.4, -0.2) is 35.2 Å². The van der Waals surface area contributed by atoms with Crippen molar-refractivity contribution in [2.45, 2.75) is 13.3 Å². The highest BCUT2D eigenvalue weighted by atomic mass is 35.5. The molecule has 3 aromatic carbocycles. The predicted molar refractivity (Wildman–Crippen MR) is 133 cm³/mol. The Balaban J connectivity index is 1.35. The Morgan fingerprint density at radius 2 is 1.78 bits per heavy atom. The molecule has 0 bridgehead atoms. The van der Waals surface area contributed by atoms with Gasteiger partial charge in [-0.1, -0.05) is 29.8 Å². The number of fused-ring (bicyclic) bond motifs is 1. The molecule has 37 heavy (non-hydrogen) atoms. The molecule has 3 amide bonds. The molecule has 1 atom stereocenters. The Bertz CT molecular complexity index is 1520. The Morgan fingerprint density at radius 3 is 2.54 bits per heavy atom. The number of nitro groups is 1. The van der Waals surface area contributed by atoms with Crippen LogP contribution in [0.1, 0.15) is 32.7 Å². The fourth-order valence-electron chi connectivity index (χ4n) is 4.53. The summed E-state index contributed by atoms with van der Waals surface area (Å²) in [5, 5.41) is 11.9. The van der Waals surface area contributed by atoms with Crippen molar-refractivity contribution >= 4 is 52.4 Å². The number of carbonyl (C=O) groups is 4. The number of nitrogens with zero attached hydrogens (tertiary/aromatic N) is 3. The van der Waals surface area contributed by atoms with Gasteiger partial charge in [0, 0.05) is 35.8 Å². The Kier molecular flexibility index (Phi) is 5.96. The van der Waals surface area contributed by atoms with Gasteiger partial charge in [0.1, 0.15) is 11.3 Å². The van der Waals surface area contributed by atoms with Crippen LogP contribution in [-0.2, 0) is 9.59 Å². The van der Waals surface area contributed by atoms with Crippen LogP contribution < -0.4 is 14.5 Å². The van der Waals surface area contributed by atoms with Gasteiger partial charge in [0.25, 0.3) is 17.5 Å². The number of esters is 1. The number of imide groups is 1. The SMILES string of the molecule is Cc1c(Cl)cccc1N1C[C@@H](C(=O)Oc2cccc(N3C(=O)c4cccc([N+](=O)[O-])c4C3=O)c2)CC1=O. The summed E-state index contributed by atoms with van der Waals surface area (Å²) >= 11 is 6.17. The average molecular weight is 520 g/mol. The Morgan fingerprint density at radius 1 is 1.05 bits per heavy atom. The lowest BCUT2D eigenvalue weighted by molar-refractivity contribution is -0.385. The third kappa shape index (κ3) is 4.11. The number of amides is 3. The minimum atomic E-state index is -0.843. The van der Waals surface area contributed by atoms with E-state index >= 15 is 0 Å². The maximum Gasteiger partial charge on any atom is 0.316 e. The number of rotatable bonds is 5. The van der Waals surface area contributed by atoms with E-state index in [2.05, 4.69) is 0 Å². The molecule has 186 valence electrons. The third-order valence-corrected chi connectivity index (χ3v) is 6.78. The maximum atomic E-state index is 13.0. The van der Waals surface area contributed by atoms with Crippen LogP contribution in [0.3, 0.4) is 0 Å². The zero-order valence-electron chi connectivity index (χ0n) is 19.3. The minimum Gasteiger partial charge on any atom is -0.426 e. The van der Waals surface area contributed by atoms with Crippen molar-refractivity contribution < 1.29 is 28.8 Å². The molecule has 2 aliphatic rings. The molecule has 0 aromatic heterocycles. The third-order valence-electron chi connectivity index (χ3n) is 6.37. The normalized spacial score (nSPS) is 16.8. The first-order valence-electron chi connectivity index (χ1n) is 11.2.